The lowest BCUT2D eigenvalue weighted by Gasteiger charge is -2.37. The van der Waals surface area contributed by atoms with Gasteiger partial charge in [0.15, 0.2) is 0 Å². The fourth-order valence-electron chi connectivity index (χ4n) is 5.05. The first-order valence-corrected chi connectivity index (χ1v) is 8.34. The summed E-state index contributed by atoms with van der Waals surface area (Å²) >= 11 is 0. The number of hydrogen-bond donors (Lipinski definition) is 2. The molecule has 0 aromatic heterocycles. The van der Waals surface area contributed by atoms with Gasteiger partial charge in [-0.1, -0.05) is 0 Å². The van der Waals surface area contributed by atoms with E-state index in [4.69, 9.17) is 5.73 Å². The second kappa shape index (κ2) is 4.40. The van der Waals surface area contributed by atoms with Gasteiger partial charge in [-0.05, 0) is 56.8 Å². The van der Waals surface area contributed by atoms with Gasteiger partial charge in [-0.2, -0.15) is 0 Å². The zero-order valence-electron chi connectivity index (χ0n) is 12.3. The maximum atomic E-state index is 13.3. The van der Waals surface area contributed by atoms with Crippen LogP contribution in [0.4, 0.5) is 8.78 Å². The van der Waals surface area contributed by atoms with Crippen LogP contribution in [0.25, 0.3) is 0 Å². The molecule has 3 nitrogen and oxygen atoms in total. The van der Waals surface area contributed by atoms with Crippen molar-refractivity contribution in [3.63, 3.8) is 0 Å². The van der Waals surface area contributed by atoms with Gasteiger partial charge in [0.25, 0.3) is 5.92 Å². The summed E-state index contributed by atoms with van der Waals surface area (Å²) in [6, 6.07) is 0.394. The summed E-state index contributed by atoms with van der Waals surface area (Å²) in [4.78, 5) is 12.3. The van der Waals surface area contributed by atoms with Crippen molar-refractivity contribution in [2.24, 2.45) is 28.9 Å². The van der Waals surface area contributed by atoms with Gasteiger partial charge in [0.2, 0.25) is 5.91 Å². The fourth-order valence-corrected chi connectivity index (χ4v) is 5.05. The van der Waals surface area contributed by atoms with Crippen LogP contribution in [0.15, 0.2) is 0 Å². The molecule has 0 bridgehead atoms. The van der Waals surface area contributed by atoms with Crippen LogP contribution in [-0.2, 0) is 4.79 Å². The molecule has 4 aliphatic rings. The van der Waals surface area contributed by atoms with Gasteiger partial charge in [0.05, 0.1) is 0 Å². The lowest BCUT2D eigenvalue weighted by atomic mass is 9.72. The van der Waals surface area contributed by atoms with Crippen LogP contribution in [0.5, 0.6) is 0 Å². The first kappa shape index (κ1) is 13.9. The van der Waals surface area contributed by atoms with E-state index < -0.39 is 11.3 Å². The lowest BCUT2D eigenvalue weighted by molar-refractivity contribution is -0.126. The van der Waals surface area contributed by atoms with Gasteiger partial charge >= 0.3 is 0 Å². The van der Waals surface area contributed by atoms with Crippen LogP contribution in [0, 0.1) is 23.2 Å². The first-order chi connectivity index (χ1) is 9.90. The van der Waals surface area contributed by atoms with E-state index in [0.29, 0.717) is 43.6 Å². The third kappa shape index (κ3) is 2.11. The van der Waals surface area contributed by atoms with Crippen molar-refractivity contribution >= 4 is 5.91 Å². The highest BCUT2D eigenvalue weighted by molar-refractivity contribution is 5.79. The summed E-state index contributed by atoms with van der Waals surface area (Å²) in [7, 11) is 0. The molecule has 3 N–H and O–H groups in total. The molecule has 0 aliphatic heterocycles. The number of carbonyl (C=O) groups is 1. The van der Waals surface area contributed by atoms with Crippen LogP contribution >= 0.6 is 0 Å². The Bertz CT molecular complexity index is 459. The van der Waals surface area contributed by atoms with Gasteiger partial charge in [0.1, 0.15) is 0 Å². The maximum absolute atomic E-state index is 13.3. The predicted octanol–water partition coefficient (Wildman–Crippen LogP) is 2.44. The molecule has 4 atom stereocenters. The lowest BCUT2D eigenvalue weighted by Crippen LogP contribution is -2.44. The second-order valence-electron chi connectivity index (χ2n) is 7.94. The minimum Gasteiger partial charge on any atom is -0.353 e. The minimum absolute atomic E-state index is 0.0601. The number of fused-ring (bicyclic) bond motifs is 1. The van der Waals surface area contributed by atoms with E-state index in [9.17, 15) is 13.6 Å². The molecule has 4 fully saturated rings. The van der Waals surface area contributed by atoms with Crippen molar-refractivity contribution in [1.82, 2.24) is 5.32 Å². The number of rotatable bonds is 2. The molecule has 118 valence electrons. The fraction of sp³-hybridized carbons (Fsp3) is 0.938. The summed E-state index contributed by atoms with van der Waals surface area (Å²) in [5.74, 6) is -1.01. The molecule has 0 radical (unpaired) electrons. The first-order valence-electron chi connectivity index (χ1n) is 8.34. The average Bonchev–Trinajstić information content (AvgIpc) is 2.78. The molecule has 4 rings (SSSR count). The topological polar surface area (TPSA) is 55.1 Å². The van der Waals surface area contributed by atoms with Crippen molar-refractivity contribution in [2.45, 2.75) is 69.4 Å². The summed E-state index contributed by atoms with van der Waals surface area (Å²) in [5.41, 5.74) is 5.25. The van der Waals surface area contributed by atoms with Crippen molar-refractivity contribution in [3.05, 3.63) is 0 Å². The van der Waals surface area contributed by atoms with Crippen LogP contribution in [0.2, 0.25) is 0 Å². The highest BCUT2D eigenvalue weighted by Crippen LogP contribution is 2.67. The normalized spacial score (nSPS) is 50.3. The molecule has 4 saturated carbocycles. The molecular formula is C16H24F2N2O. The highest BCUT2D eigenvalue weighted by atomic mass is 19.3. The van der Waals surface area contributed by atoms with E-state index >= 15 is 0 Å². The van der Waals surface area contributed by atoms with Crippen molar-refractivity contribution < 1.29 is 13.6 Å². The van der Waals surface area contributed by atoms with Crippen molar-refractivity contribution in [2.75, 3.05) is 0 Å². The Morgan fingerprint density at radius 2 is 1.81 bits per heavy atom. The Morgan fingerprint density at radius 3 is 2.33 bits per heavy atom. The third-order valence-corrected chi connectivity index (χ3v) is 6.75. The molecule has 1 amide bonds. The van der Waals surface area contributed by atoms with Gasteiger partial charge in [0, 0.05) is 29.8 Å². The Balaban J connectivity index is 1.27. The molecule has 4 aliphatic carbocycles. The van der Waals surface area contributed by atoms with Gasteiger partial charge < -0.3 is 11.1 Å². The Morgan fingerprint density at radius 1 is 1.14 bits per heavy atom. The van der Waals surface area contributed by atoms with E-state index in [-0.39, 0.29) is 24.3 Å². The van der Waals surface area contributed by atoms with Crippen LogP contribution in [-0.4, -0.2) is 23.9 Å². The smallest absolute Gasteiger partial charge is 0.254 e. The largest absolute Gasteiger partial charge is 0.353 e. The number of amides is 1. The van der Waals surface area contributed by atoms with E-state index in [1.54, 1.807) is 0 Å². The molecule has 0 aromatic carbocycles. The SMILES string of the molecule is N[C@@H]1C[C@@H]2CC(C(=O)NC3CCC4(CC3)CC4(F)F)C[C@@H]21. The number of nitrogens with two attached hydrogens (primary N) is 1. The second-order valence-corrected chi connectivity index (χ2v) is 7.94. The quantitative estimate of drug-likeness (QED) is 0.822. The molecule has 0 heterocycles. The molecule has 0 aromatic rings. The van der Waals surface area contributed by atoms with Crippen molar-refractivity contribution in [1.29, 1.82) is 0 Å². The summed E-state index contributed by atoms with van der Waals surface area (Å²) in [6.45, 7) is 0. The summed E-state index contributed by atoms with van der Waals surface area (Å²) in [6.07, 6.45) is 5.56. The number of nitrogens with one attached hydrogen (secondary N) is 1. The standard InChI is InChI=1S/C16H24F2N2O/c17-16(18)8-15(16)3-1-11(2-4-15)20-14(21)10-5-9-7-13(19)12(9)6-10/h9-13H,1-8,19H2,(H,20,21)/t9-,10?,11?,12-,13+,15?/m0/s1. The number of alkyl halides is 2. The number of halogens is 2. The minimum atomic E-state index is -2.44. The van der Waals surface area contributed by atoms with Gasteiger partial charge in [-0.3, -0.25) is 4.79 Å². The van der Waals surface area contributed by atoms with Crippen molar-refractivity contribution in [3.8, 4) is 0 Å². The molecule has 21 heavy (non-hydrogen) atoms. The van der Waals surface area contributed by atoms with E-state index in [0.717, 1.165) is 19.3 Å². The van der Waals surface area contributed by atoms with Gasteiger partial charge in [-0.25, -0.2) is 8.78 Å². The number of carbonyl (C=O) groups excluding carboxylic acids is 1. The molecule has 1 spiro atoms. The van der Waals surface area contributed by atoms with Crippen LogP contribution in [0.3, 0.4) is 0 Å². The predicted molar refractivity (Wildman–Crippen MR) is 74.7 cm³/mol. The average molecular weight is 298 g/mol. The summed E-state index contributed by atoms with van der Waals surface area (Å²) < 4.78 is 26.7. The Labute approximate surface area is 124 Å². The molecule has 1 unspecified atom stereocenters. The van der Waals surface area contributed by atoms with E-state index in [1.807, 2.05) is 0 Å². The van der Waals surface area contributed by atoms with E-state index in [2.05, 4.69) is 5.32 Å². The highest BCUT2D eigenvalue weighted by Gasteiger charge is 2.70. The molecule has 0 saturated heterocycles. The third-order valence-electron chi connectivity index (χ3n) is 6.75. The molecular weight excluding hydrogens is 274 g/mol. The molecule has 5 heteroatoms. The summed E-state index contributed by atoms with van der Waals surface area (Å²) in [5, 5.41) is 3.11. The Kier molecular flexibility index (Phi) is 2.92. The monoisotopic (exact) mass is 298 g/mol. The zero-order valence-corrected chi connectivity index (χ0v) is 12.3. The van der Waals surface area contributed by atoms with Crippen LogP contribution < -0.4 is 11.1 Å². The Hall–Kier alpha value is -0.710. The maximum Gasteiger partial charge on any atom is 0.254 e. The zero-order chi connectivity index (χ0) is 14.8. The van der Waals surface area contributed by atoms with E-state index in [1.165, 1.54) is 0 Å². The number of hydrogen-bond acceptors (Lipinski definition) is 2. The van der Waals surface area contributed by atoms with Gasteiger partial charge in [-0.15, -0.1) is 0 Å². The van der Waals surface area contributed by atoms with Crippen LogP contribution in [0.1, 0.15) is 51.4 Å².